The first-order chi connectivity index (χ1) is 12.0. The zero-order chi connectivity index (χ0) is 18.0. The van der Waals surface area contributed by atoms with E-state index in [2.05, 4.69) is 10.6 Å². The number of halogens is 2. The Morgan fingerprint density at radius 3 is 2.88 bits per heavy atom. The summed E-state index contributed by atoms with van der Waals surface area (Å²) in [5, 5.41) is 6.57. The number of amides is 2. The second-order valence-corrected chi connectivity index (χ2v) is 7.03. The van der Waals surface area contributed by atoms with Crippen LogP contribution < -0.4 is 16.4 Å². The van der Waals surface area contributed by atoms with Crippen molar-refractivity contribution in [3.63, 3.8) is 0 Å². The van der Waals surface area contributed by atoms with Crippen molar-refractivity contribution in [2.75, 3.05) is 25.0 Å². The van der Waals surface area contributed by atoms with Gasteiger partial charge in [0.2, 0.25) is 11.8 Å². The molecule has 2 fully saturated rings. The number of nitrogens with one attached hydrogen (secondary N) is 2. The van der Waals surface area contributed by atoms with Gasteiger partial charge in [-0.2, -0.15) is 0 Å². The van der Waals surface area contributed by atoms with Crippen molar-refractivity contribution in [1.29, 1.82) is 0 Å². The minimum atomic E-state index is -0.470. The van der Waals surface area contributed by atoms with Gasteiger partial charge in [-0.3, -0.25) is 9.59 Å². The van der Waals surface area contributed by atoms with E-state index in [0.717, 1.165) is 13.0 Å². The molecule has 2 aliphatic heterocycles. The number of primary amides is 1. The number of carbonyl (C=O) groups is 2. The molecular formula is C17H22ClFN4O2. The van der Waals surface area contributed by atoms with E-state index >= 15 is 0 Å². The molecule has 0 spiro atoms. The van der Waals surface area contributed by atoms with Crippen LogP contribution in [0.2, 0.25) is 5.02 Å². The van der Waals surface area contributed by atoms with Crippen LogP contribution in [0, 0.1) is 11.7 Å². The first-order valence-corrected chi connectivity index (χ1v) is 8.86. The van der Waals surface area contributed by atoms with Crippen molar-refractivity contribution in [3.05, 3.63) is 29.0 Å². The van der Waals surface area contributed by atoms with Gasteiger partial charge in [0, 0.05) is 23.8 Å². The summed E-state index contributed by atoms with van der Waals surface area (Å²) in [6.07, 6.45) is 2.07. The van der Waals surface area contributed by atoms with Crippen molar-refractivity contribution >= 4 is 29.1 Å². The van der Waals surface area contributed by atoms with Gasteiger partial charge in [-0.25, -0.2) is 4.39 Å². The topological polar surface area (TPSA) is 87.5 Å². The maximum absolute atomic E-state index is 13.5. The molecule has 1 aromatic rings. The number of likely N-dealkylation sites (tertiary alicyclic amines) is 1. The van der Waals surface area contributed by atoms with Crippen LogP contribution in [0.3, 0.4) is 0 Å². The Morgan fingerprint density at radius 1 is 1.36 bits per heavy atom. The Morgan fingerprint density at radius 2 is 2.16 bits per heavy atom. The van der Waals surface area contributed by atoms with Gasteiger partial charge in [-0.15, -0.1) is 0 Å². The van der Waals surface area contributed by atoms with Crippen LogP contribution in [0.25, 0.3) is 0 Å². The highest BCUT2D eigenvalue weighted by molar-refractivity contribution is 6.30. The summed E-state index contributed by atoms with van der Waals surface area (Å²) in [5.41, 5.74) is 6.00. The number of anilines is 1. The molecule has 1 aromatic carbocycles. The summed E-state index contributed by atoms with van der Waals surface area (Å²) in [6, 6.07) is 3.41. The molecule has 2 aliphatic rings. The van der Waals surface area contributed by atoms with E-state index in [1.54, 1.807) is 11.0 Å². The maximum atomic E-state index is 13.5. The second-order valence-electron chi connectivity index (χ2n) is 6.60. The largest absolute Gasteiger partial charge is 0.374 e. The van der Waals surface area contributed by atoms with Crippen LogP contribution in [0.1, 0.15) is 19.3 Å². The zero-order valence-electron chi connectivity index (χ0n) is 13.8. The number of hydrogen-bond acceptors (Lipinski definition) is 4. The van der Waals surface area contributed by atoms with E-state index in [1.807, 2.05) is 0 Å². The molecule has 0 aliphatic carbocycles. The average Bonchev–Trinajstić information content (AvgIpc) is 2.56. The highest BCUT2D eigenvalue weighted by Crippen LogP contribution is 2.26. The van der Waals surface area contributed by atoms with Crippen LogP contribution >= 0.6 is 11.6 Å². The van der Waals surface area contributed by atoms with Crippen molar-refractivity contribution in [2.24, 2.45) is 11.7 Å². The van der Waals surface area contributed by atoms with Gasteiger partial charge in [0.1, 0.15) is 11.9 Å². The fraction of sp³-hybridized carbons (Fsp3) is 0.529. The van der Waals surface area contributed by atoms with E-state index in [-0.39, 0.29) is 28.8 Å². The Hall–Kier alpha value is -1.86. The van der Waals surface area contributed by atoms with E-state index in [0.29, 0.717) is 31.6 Å². The molecule has 25 heavy (non-hydrogen) atoms. The molecule has 8 heteroatoms. The van der Waals surface area contributed by atoms with E-state index < -0.39 is 11.9 Å². The molecule has 2 saturated heterocycles. The van der Waals surface area contributed by atoms with Crippen LogP contribution in [-0.4, -0.2) is 48.4 Å². The summed E-state index contributed by atoms with van der Waals surface area (Å²) in [7, 11) is 0. The second kappa shape index (κ2) is 7.58. The molecule has 0 radical (unpaired) electrons. The summed E-state index contributed by atoms with van der Waals surface area (Å²) < 4.78 is 13.5. The molecule has 4 N–H and O–H groups in total. The third-order valence-electron chi connectivity index (χ3n) is 4.89. The third-order valence-corrected chi connectivity index (χ3v) is 5.11. The van der Waals surface area contributed by atoms with E-state index in [9.17, 15) is 14.0 Å². The van der Waals surface area contributed by atoms with Crippen molar-refractivity contribution < 1.29 is 14.0 Å². The SMILES string of the molecule is NC(=O)C1CCNCC1N1CCCC(Nc2cc(F)cc(Cl)c2)C1=O. The number of piperidine rings is 2. The molecule has 2 heterocycles. The molecule has 3 rings (SSSR count). The number of nitrogens with zero attached hydrogens (tertiary/aromatic N) is 1. The molecule has 2 amide bonds. The lowest BCUT2D eigenvalue weighted by Gasteiger charge is -2.43. The van der Waals surface area contributed by atoms with Gasteiger partial charge >= 0.3 is 0 Å². The Balaban J connectivity index is 1.75. The van der Waals surface area contributed by atoms with Gasteiger partial charge in [0.05, 0.1) is 12.0 Å². The highest BCUT2D eigenvalue weighted by atomic mass is 35.5. The van der Waals surface area contributed by atoms with Crippen molar-refractivity contribution in [3.8, 4) is 0 Å². The van der Waals surface area contributed by atoms with E-state index in [4.69, 9.17) is 17.3 Å². The van der Waals surface area contributed by atoms with Gasteiger partial charge < -0.3 is 21.3 Å². The fourth-order valence-corrected chi connectivity index (χ4v) is 3.92. The van der Waals surface area contributed by atoms with Crippen LogP contribution in [0.5, 0.6) is 0 Å². The van der Waals surface area contributed by atoms with Crippen molar-refractivity contribution in [1.82, 2.24) is 10.2 Å². The molecule has 0 aromatic heterocycles. The lowest BCUT2D eigenvalue weighted by Crippen LogP contribution is -2.60. The van der Waals surface area contributed by atoms with Crippen LogP contribution in [-0.2, 0) is 9.59 Å². The normalized spacial score (nSPS) is 27.2. The highest BCUT2D eigenvalue weighted by Gasteiger charge is 2.39. The molecule has 6 nitrogen and oxygen atoms in total. The predicted molar refractivity (Wildman–Crippen MR) is 93.7 cm³/mol. The van der Waals surface area contributed by atoms with E-state index in [1.165, 1.54) is 12.1 Å². The summed E-state index contributed by atoms with van der Waals surface area (Å²) in [6.45, 7) is 1.87. The van der Waals surface area contributed by atoms with Crippen LogP contribution in [0.15, 0.2) is 18.2 Å². The van der Waals surface area contributed by atoms with Crippen molar-refractivity contribution in [2.45, 2.75) is 31.3 Å². The number of carbonyl (C=O) groups excluding carboxylic acids is 2. The molecule has 136 valence electrons. The van der Waals surface area contributed by atoms with Crippen LogP contribution in [0.4, 0.5) is 10.1 Å². The first kappa shape index (κ1) is 17.9. The zero-order valence-corrected chi connectivity index (χ0v) is 14.6. The number of hydrogen-bond donors (Lipinski definition) is 3. The monoisotopic (exact) mass is 368 g/mol. The average molecular weight is 369 g/mol. The minimum absolute atomic E-state index is 0.0911. The lowest BCUT2D eigenvalue weighted by atomic mass is 9.88. The summed E-state index contributed by atoms with van der Waals surface area (Å²) >= 11 is 5.87. The van der Waals surface area contributed by atoms with Gasteiger partial charge in [-0.1, -0.05) is 11.6 Å². The quantitative estimate of drug-likeness (QED) is 0.748. The summed E-state index contributed by atoms with van der Waals surface area (Å²) in [5.74, 6) is -1.26. The number of benzene rings is 1. The fourth-order valence-electron chi connectivity index (χ4n) is 3.70. The standard InChI is InChI=1S/C17H22ClFN4O2/c18-10-6-11(19)8-12(7-10)22-14-2-1-5-23(17(14)25)15-9-21-4-3-13(15)16(20)24/h6-8,13-15,21-22H,1-5,9H2,(H2,20,24). The Kier molecular flexibility index (Phi) is 5.44. The molecular weight excluding hydrogens is 347 g/mol. The lowest BCUT2D eigenvalue weighted by molar-refractivity contribution is -0.140. The number of nitrogens with two attached hydrogens (primary N) is 1. The smallest absolute Gasteiger partial charge is 0.245 e. The Labute approximate surface area is 150 Å². The molecule has 3 atom stereocenters. The molecule has 0 bridgehead atoms. The van der Waals surface area contributed by atoms with Gasteiger partial charge in [-0.05, 0) is 44.0 Å². The summed E-state index contributed by atoms with van der Waals surface area (Å²) in [4.78, 5) is 26.4. The minimum Gasteiger partial charge on any atom is -0.374 e. The van der Waals surface area contributed by atoms with Gasteiger partial charge in [0.25, 0.3) is 0 Å². The predicted octanol–water partition coefficient (Wildman–Crippen LogP) is 1.35. The number of rotatable bonds is 4. The third kappa shape index (κ3) is 4.04. The molecule has 3 unspecified atom stereocenters. The molecule has 0 saturated carbocycles. The van der Waals surface area contributed by atoms with Gasteiger partial charge in [0.15, 0.2) is 0 Å². The first-order valence-electron chi connectivity index (χ1n) is 8.49. The maximum Gasteiger partial charge on any atom is 0.245 e. The Bertz CT molecular complexity index is 652.